The quantitative estimate of drug-likeness (QED) is 0.707. The number of piperidine rings is 1. The average Bonchev–Trinajstić information content (AvgIpc) is 3.22. The molecule has 0 saturated carbocycles. The summed E-state index contributed by atoms with van der Waals surface area (Å²) in [6, 6.07) is 13.6. The van der Waals surface area contributed by atoms with E-state index < -0.39 is 5.82 Å². The highest BCUT2D eigenvalue weighted by Gasteiger charge is 2.26. The van der Waals surface area contributed by atoms with Crippen molar-refractivity contribution < 1.29 is 18.8 Å². The van der Waals surface area contributed by atoms with E-state index >= 15 is 0 Å². The molecule has 2 aliphatic rings. The van der Waals surface area contributed by atoms with E-state index in [4.69, 9.17) is 0 Å². The molecule has 2 N–H and O–H groups in total. The highest BCUT2D eigenvalue weighted by Crippen LogP contribution is 2.17. The van der Waals surface area contributed by atoms with Crippen molar-refractivity contribution in [3.63, 3.8) is 0 Å². The van der Waals surface area contributed by atoms with Crippen molar-refractivity contribution in [3.8, 4) is 0 Å². The predicted molar refractivity (Wildman–Crippen MR) is 122 cm³/mol. The molecule has 174 valence electrons. The molecule has 2 aromatic carbocycles. The molecular weight excluding hydrogens is 423 g/mol. The van der Waals surface area contributed by atoms with Gasteiger partial charge in [-0.15, -0.1) is 0 Å². The molecule has 0 radical (unpaired) electrons. The third kappa shape index (κ3) is 5.88. The van der Waals surface area contributed by atoms with E-state index in [2.05, 4.69) is 10.6 Å². The fraction of sp³-hybridized carbons (Fsp3) is 0.400. The van der Waals surface area contributed by atoms with Crippen molar-refractivity contribution >= 4 is 17.8 Å². The number of rotatable bonds is 6. The van der Waals surface area contributed by atoms with Crippen LogP contribution in [0.1, 0.15) is 47.2 Å². The number of hydrogen-bond donors (Lipinski definition) is 2. The summed E-state index contributed by atoms with van der Waals surface area (Å²) in [5.74, 6) is -0.635. The zero-order chi connectivity index (χ0) is 23.2. The largest absolute Gasteiger partial charge is 0.338 e. The summed E-state index contributed by atoms with van der Waals surface area (Å²) in [6.45, 7) is 2.72. The number of halogens is 1. The minimum absolute atomic E-state index is 0.0396. The summed E-state index contributed by atoms with van der Waals surface area (Å²) >= 11 is 0. The Labute approximate surface area is 192 Å². The van der Waals surface area contributed by atoms with Crippen molar-refractivity contribution in [1.82, 2.24) is 20.4 Å². The van der Waals surface area contributed by atoms with Gasteiger partial charge in [0.1, 0.15) is 5.82 Å². The fourth-order valence-corrected chi connectivity index (χ4v) is 4.38. The molecule has 0 aliphatic carbocycles. The molecule has 8 heteroatoms. The van der Waals surface area contributed by atoms with Crippen LogP contribution in [0.25, 0.3) is 0 Å². The minimum Gasteiger partial charge on any atom is -0.338 e. The molecular formula is C25H29FN4O3. The molecule has 0 aromatic heterocycles. The first-order chi connectivity index (χ1) is 16.0. The van der Waals surface area contributed by atoms with Crippen LogP contribution in [-0.2, 0) is 17.9 Å². The van der Waals surface area contributed by atoms with E-state index in [0.29, 0.717) is 45.4 Å². The van der Waals surface area contributed by atoms with Gasteiger partial charge in [-0.1, -0.05) is 36.4 Å². The van der Waals surface area contributed by atoms with Crippen LogP contribution in [0.2, 0.25) is 0 Å². The molecule has 2 saturated heterocycles. The Morgan fingerprint density at radius 2 is 1.76 bits per heavy atom. The van der Waals surface area contributed by atoms with E-state index in [0.717, 1.165) is 24.1 Å². The molecule has 0 spiro atoms. The van der Waals surface area contributed by atoms with Gasteiger partial charge < -0.3 is 20.4 Å². The van der Waals surface area contributed by atoms with Gasteiger partial charge in [-0.3, -0.25) is 9.59 Å². The lowest BCUT2D eigenvalue weighted by Crippen LogP contribution is -2.49. The molecule has 2 fully saturated rings. The lowest BCUT2D eigenvalue weighted by Gasteiger charge is -2.32. The summed E-state index contributed by atoms with van der Waals surface area (Å²) in [7, 11) is 0. The third-order valence-corrected chi connectivity index (χ3v) is 6.21. The van der Waals surface area contributed by atoms with E-state index in [1.54, 1.807) is 17.0 Å². The Balaban J connectivity index is 1.21. The smallest absolute Gasteiger partial charge is 0.315 e. The number of nitrogens with one attached hydrogen (secondary N) is 2. The first-order valence-corrected chi connectivity index (χ1v) is 11.4. The standard InChI is InChI=1S/C25H29FN4O3/c26-22-8-2-1-7-21(22)24(32)29-13-10-20(11-14-29)28-25(33)27-16-18-5-3-6-19(15-18)17-30-12-4-9-23(30)31/h1-3,5-8,15,20H,4,9-14,16-17H2,(H2,27,28,33). The lowest BCUT2D eigenvalue weighted by atomic mass is 10.0. The zero-order valence-electron chi connectivity index (χ0n) is 18.6. The Bertz CT molecular complexity index is 1020. The average molecular weight is 453 g/mol. The molecule has 7 nitrogen and oxygen atoms in total. The number of urea groups is 1. The Hall–Kier alpha value is -3.42. The van der Waals surface area contributed by atoms with Crippen molar-refractivity contribution in [1.29, 1.82) is 0 Å². The van der Waals surface area contributed by atoms with Crippen LogP contribution in [-0.4, -0.2) is 53.3 Å². The van der Waals surface area contributed by atoms with Crippen LogP contribution >= 0.6 is 0 Å². The van der Waals surface area contributed by atoms with Crippen LogP contribution < -0.4 is 10.6 Å². The number of hydrogen-bond acceptors (Lipinski definition) is 3. The maximum absolute atomic E-state index is 13.9. The number of benzene rings is 2. The highest BCUT2D eigenvalue weighted by molar-refractivity contribution is 5.94. The van der Waals surface area contributed by atoms with E-state index in [9.17, 15) is 18.8 Å². The number of nitrogens with zero attached hydrogens (tertiary/aromatic N) is 2. The van der Waals surface area contributed by atoms with Crippen molar-refractivity contribution in [2.24, 2.45) is 0 Å². The molecule has 0 unspecified atom stereocenters. The monoisotopic (exact) mass is 452 g/mol. The summed E-state index contributed by atoms with van der Waals surface area (Å²) in [4.78, 5) is 40.2. The summed E-state index contributed by atoms with van der Waals surface area (Å²) in [6.07, 6.45) is 2.77. The third-order valence-electron chi connectivity index (χ3n) is 6.21. The summed E-state index contributed by atoms with van der Waals surface area (Å²) in [5.41, 5.74) is 2.11. The Kier molecular flexibility index (Phi) is 7.22. The summed E-state index contributed by atoms with van der Waals surface area (Å²) < 4.78 is 13.9. The van der Waals surface area contributed by atoms with Gasteiger partial charge in [-0.2, -0.15) is 0 Å². The Morgan fingerprint density at radius 3 is 2.48 bits per heavy atom. The van der Waals surface area contributed by atoms with E-state index in [-0.39, 0.29) is 29.5 Å². The van der Waals surface area contributed by atoms with Gasteiger partial charge in [0.25, 0.3) is 5.91 Å². The Morgan fingerprint density at radius 1 is 1.00 bits per heavy atom. The van der Waals surface area contributed by atoms with Crippen LogP contribution in [0.15, 0.2) is 48.5 Å². The van der Waals surface area contributed by atoms with Crippen LogP contribution in [0.3, 0.4) is 0 Å². The first kappa shape index (κ1) is 22.8. The van der Waals surface area contributed by atoms with Crippen LogP contribution in [0.5, 0.6) is 0 Å². The second kappa shape index (κ2) is 10.5. The number of carbonyl (C=O) groups excluding carboxylic acids is 3. The molecule has 4 rings (SSSR count). The maximum Gasteiger partial charge on any atom is 0.315 e. The number of amides is 4. The topological polar surface area (TPSA) is 81.8 Å². The number of carbonyl (C=O) groups is 3. The molecule has 0 atom stereocenters. The van der Waals surface area contributed by atoms with Gasteiger partial charge in [-0.05, 0) is 42.5 Å². The van der Waals surface area contributed by atoms with Crippen molar-refractivity contribution in [3.05, 3.63) is 71.0 Å². The van der Waals surface area contributed by atoms with Crippen molar-refractivity contribution in [2.75, 3.05) is 19.6 Å². The molecule has 2 aromatic rings. The van der Waals surface area contributed by atoms with E-state index in [1.165, 1.54) is 12.1 Å². The number of likely N-dealkylation sites (tertiary alicyclic amines) is 2. The minimum atomic E-state index is -0.516. The second-order valence-corrected chi connectivity index (χ2v) is 8.61. The lowest BCUT2D eigenvalue weighted by molar-refractivity contribution is -0.128. The first-order valence-electron chi connectivity index (χ1n) is 11.4. The van der Waals surface area contributed by atoms with Gasteiger partial charge in [0.15, 0.2) is 0 Å². The normalized spacial score (nSPS) is 16.7. The summed E-state index contributed by atoms with van der Waals surface area (Å²) in [5, 5.41) is 5.85. The van der Waals surface area contributed by atoms with Gasteiger partial charge in [0, 0.05) is 45.2 Å². The maximum atomic E-state index is 13.9. The second-order valence-electron chi connectivity index (χ2n) is 8.61. The van der Waals surface area contributed by atoms with Crippen LogP contribution in [0, 0.1) is 5.82 Å². The predicted octanol–water partition coefficient (Wildman–Crippen LogP) is 3.05. The van der Waals surface area contributed by atoms with Gasteiger partial charge in [-0.25, -0.2) is 9.18 Å². The molecule has 2 aliphatic heterocycles. The zero-order valence-corrected chi connectivity index (χ0v) is 18.6. The molecule has 2 heterocycles. The van der Waals surface area contributed by atoms with Gasteiger partial charge in [0.05, 0.1) is 5.56 Å². The molecule has 33 heavy (non-hydrogen) atoms. The van der Waals surface area contributed by atoms with Gasteiger partial charge in [0.2, 0.25) is 5.91 Å². The SMILES string of the molecule is O=C(NCc1cccc(CN2CCCC2=O)c1)NC1CCN(C(=O)c2ccccc2F)CC1. The van der Waals surface area contributed by atoms with Crippen molar-refractivity contribution in [2.45, 2.75) is 44.8 Å². The van der Waals surface area contributed by atoms with E-state index in [1.807, 2.05) is 29.2 Å². The fourth-order valence-electron chi connectivity index (χ4n) is 4.38. The van der Waals surface area contributed by atoms with Gasteiger partial charge >= 0.3 is 6.03 Å². The highest BCUT2D eigenvalue weighted by atomic mass is 19.1. The van der Waals surface area contributed by atoms with Crippen LogP contribution in [0.4, 0.5) is 9.18 Å². The molecule has 0 bridgehead atoms. The molecule has 4 amide bonds.